The standard InChI is InChI=1S/C25H46N2O3/c1-23-11-8-20(28)17-19(23)5-6-22-21(23)9-12-24(2)18(7-13-25(22,24)29)10-14-26-30-16-15-27(3)4/h18-22,26,28-29H,5-17H2,1-4H3/t18-,19?,20?,21+,22-,23+,24-,25-/m1/s1. The minimum absolute atomic E-state index is 0.0386. The average Bonchev–Trinajstić information content (AvgIpc) is 2.96. The topological polar surface area (TPSA) is 65.0 Å². The Labute approximate surface area is 183 Å². The summed E-state index contributed by atoms with van der Waals surface area (Å²) in [5.41, 5.74) is 3.02. The van der Waals surface area contributed by atoms with Gasteiger partial charge in [-0.05, 0) is 113 Å². The molecule has 4 fully saturated rings. The van der Waals surface area contributed by atoms with Crippen molar-refractivity contribution >= 4 is 0 Å². The van der Waals surface area contributed by atoms with Gasteiger partial charge in [0.15, 0.2) is 0 Å². The van der Waals surface area contributed by atoms with Crippen LogP contribution in [0.25, 0.3) is 0 Å². The van der Waals surface area contributed by atoms with Crippen molar-refractivity contribution < 1.29 is 15.1 Å². The van der Waals surface area contributed by atoms with Crippen LogP contribution in [0.15, 0.2) is 0 Å². The first-order valence-electron chi connectivity index (χ1n) is 12.6. The zero-order valence-corrected chi connectivity index (χ0v) is 19.8. The van der Waals surface area contributed by atoms with Crippen molar-refractivity contribution in [3.05, 3.63) is 0 Å². The number of rotatable bonds is 7. The summed E-state index contributed by atoms with van der Waals surface area (Å²) in [5, 5.41) is 22.4. The Bertz CT molecular complexity index is 601. The van der Waals surface area contributed by atoms with Crippen molar-refractivity contribution in [1.82, 2.24) is 10.4 Å². The van der Waals surface area contributed by atoms with Crippen LogP contribution in [0.5, 0.6) is 0 Å². The molecule has 174 valence electrons. The quantitative estimate of drug-likeness (QED) is 0.432. The molecule has 0 amide bonds. The maximum absolute atomic E-state index is 12.2. The number of hydroxylamine groups is 1. The number of nitrogens with zero attached hydrogens (tertiary/aromatic N) is 1. The van der Waals surface area contributed by atoms with Crippen molar-refractivity contribution in [3.63, 3.8) is 0 Å². The lowest BCUT2D eigenvalue weighted by Gasteiger charge is -2.63. The van der Waals surface area contributed by atoms with Gasteiger partial charge in [-0.25, -0.2) is 5.48 Å². The molecule has 4 saturated carbocycles. The second-order valence-electron chi connectivity index (χ2n) is 11.9. The molecule has 0 aromatic rings. The van der Waals surface area contributed by atoms with Gasteiger partial charge in [0.25, 0.3) is 0 Å². The van der Waals surface area contributed by atoms with Crippen LogP contribution >= 0.6 is 0 Å². The summed E-state index contributed by atoms with van der Waals surface area (Å²) in [6.45, 7) is 7.39. The molecule has 2 unspecified atom stereocenters. The van der Waals surface area contributed by atoms with Crippen molar-refractivity contribution in [2.45, 2.75) is 89.8 Å². The highest BCUT2D eigenvalue weighted by atomic mass is 16.6. The summed E-state index contributed by atoms with van der Waals surface area (Å²) in [5.74, 6) is 2.30. The van der Waals surface area contributed by atoms with Gasteiger partial charge in [0.1, 0.15) is 0 Å². The fourth-order valence-corrected chi connectivity index (χ4v) is 8.38. The zero-order chi connectivity index (χ0) is 21.6. The smallest absolute Gasteiger partial charge is 0.0809 e. The first-order valence-corrected chi connectivity index (χ1v) is 12.6. The molecule has 0 spiro atoms. The number of likely N-dealkylation sites (N-methyl/N-ethyl adjacent to an activating group) is 1. The van der Waals surface area contributed by atoms with E-state index in [0.717, 1.165) is 64.5 Å². The van der Waals surface area contributed by atoms with Crippen molar-refractivity contribution in [2.24, 2.45) is 34.5 Å². The van der Waals surface area contributed by atoms with E-state index in [-0.39, 0.29) is 11.5 Å². The largest absolute Gasteiger partial charge is 0.393 e. The molecule has 0 saturated heterocycles. The van der Waals surface area contributed by atoms with Crippen LogP contribution in [0, 0.1) is 34.5 Å². The van der Waals surface area contributed by atoms with Crippen LogP contribution in [-0.2, 0) is 4.84 Å². The first-order chi connectivity index (χ1) is 14.2. The van der Waals surface area contributed by atoms with Gasteiger partial charge < -0.3 is 20.0 Å². The third-order valence-corrected chi connectivity index (χ3v) is 10.4. The molecular weight excluding hydrogens is 376 g/mol. The lowest BCUT2D eigenvalue weighted by Crippen LogP contribution is -2.62. The molecule has 8 atom stereocenters. The lowest BCUT2D eigenvalue weighted by atomic mass is 9.43. The Balaban J connectivity index is 1.39. The Morgan fingerprint density at radius 1 is 1.00 bits per heavy atom. The molecule has 5 heteroatoms. The Morgan fingerprint density at radius 3 is 2.57 bits per heavy atom. The van der Waals surface area contributed by atoms with E-state index in [2.05, 4.69) is 38.3 Å². The van der Waals surface area contributed by atoms with E-state index in [1.807, 2.05) is 0 Å². The highest BCUT2D eigenvalue weighted by Crippen LogP contribution is 2.69. The van der Waals surface area contributed by atoms with Gasteiger partial charge in [-0.2, -0.15) is 0 Å². The molecule has 0 aromatic carbocycles. The summed E-state index contributed by atoms with van der Waals surface area (Å²) in [7, 11) is 4.12. The molecule has 4 aliphatic carbocycles. The SMILES string of the molecule is CN(C)CCONCC[C@H]1CC[C@@]2(O)[C@@H]3CCC4CC(O)CC[C@]4(C)[C@H]3CC[C@]12C. The number of hydrogen-bond acceptors (Lipinski definition) is 5. The molecule has 0 aliphatic heterocycles. The van der Waals surface area contributed by atoms with Crippen LogP contribution in [0.2, 0.25) is 0 Å². The number of aliphatic hydroxyl groups is 2. The molecule has 0 radical (unpaired) electrons. The van der Waals surface area contributed by atoms with Crippen LogP contribution in [0.3, 0.4) is 0 Å². The minimum Gasteiger partial charge on any atom is -0.393 e. The Hall–Kier alpha value is -0.200. The molecule has 4 rings (SSSR count). The second-order valence-corrected chi connectivity index (χ2v) is 11.9. The van der Waals surface area contributed by atoms with E-state index in [1.54, 1.807) is 0 Å². The molecule has 0 bridgehead atoms. The fourth-order valence-electron chi connectivity index (χ4n) is 8.38. The lowest BCUT2D eigenvalue weighted by molar-refractivity contribution is -0.210. The average molecular weight is 423 g/mol. The predicted molar refractivity (Wildman–Crippen MR) is 120 cm³/mol. The Morgan fingerprint density at radius 2 is 1.80 bits per heavy atom. The number of hydrogen-bond donors (Lipinski definition) is 3. The number of fused-ring (bicyclic) bond motifs is 5. The van der Waals surface area contributed by atoms with E-state index in [4.69, 9.17) is 4.84 Å². The zero-order valence-electron chi connectivity index (χ0n) is 19.8. The molecule has 0 aromatic heterocycles. The monoisotopic (exact) mass is 422 g/mol. The minimum atomic E-state index is -0.504. The van der Waals surface area contributed by atoms with Crippen LogP contribution in [-0.4, -0.2) is 60.6 Å². The molecule has 3 N–H and O–H groups in total. The highest BCUT2D eigenvalue weighted by molar-refractivity contribution is 5.16. The third-order valence-electron chi connectivity index (χ3n) is 10.4. The molecule has 30 heavy (non-hydrogen) atoms. The first kappa shape index (κ1) is 23.0. The molecule has 0 heterocycles. The van der Waals surface area contributed by atoms with Gasteiger partial charge in [0.2, 0.25) is 0 Å². The second kappa shape index (κ2) is 8.62. The van der Waals surface area contributed by atoms with Gasteiger partial charge in [-0.1, -0.05) is 13.8 Å². The number of nitrogens with one attached hydrogen (secondary N) is 1. The van der Waals surface area contributed by atoms with Crippen LogP contribution < -0.4 is 5.48 Å². The van der Waals surface area contributed by atoms with Crippen LogP contribution in [0.1, 0.15) is 78.1 Å². The number of aliphatic hydroxyl groups excluding tert-OH is 1. The van der Waals surface area contributed by atoms with Gasteiger partial charge in [0.05, 0.1) is 18.3 Å². The van der Waals surface area contributed by atoms with Crippen molar-refractivity contribution in [3.8, 4) is 0 Å². The summed E-state index contributed by atoms with van der Waals surface area (Å²) < 4.78 is 0. The van der Waals surface area contributed by atoms with E-state index in [0.29, 0.717) is 35.7 Å². The van der Waals surface area contributed by atoms with Crippen molar-refractivity contribution in [1.29, 1.82) is 0 Å². The highest BCUT2D eigenvalue weighted by Gasteiger charge is 2.66. The van der Waals surface area contributed by atoms with Gasteiger partial charge in [-0.15, -0.1) is 0 Å². The normalized spacial score (nSPS) is 48.3. The van der Waals surface area contributed by atoms with E-state index in [1.165, 1.54) is 12.8 Å². The van der Waals surface area contributed by atoms with E-state index in [9.17, 15) is 10.2 Å². The summed E-state index contributed by atoms with van der Waals surface area (Å²) in [4.78, 5) is 7.72. The molecular formula is C25H46N2O3. The van der Waals surface area contributed by atoms with Crippen LogP contribution in [0.4, 0.5) is 0 Å². The molecule has 5 nitrogen and oxygen atoms in total. The van der Waals surface area contributed by atoms with Gasteiger partial charge in [-0.3, -0.25) is 0 Å². The summed E-state index contributed by atoms with van der Waals surface area (Å²) in [6.07, 6.45) is 11.0. The summed E-state index contributed by atoms with van der Waals surface area (Å²) in [6, 6.07) is 0. The van der Waals surface area contributed by atoms with Crippen molar-refractivity contribution in [2.75, 3.05) is 33.8 Å². The third kappa shape index (κ3) is 3.77. The predicted octanol–water partition coefficient (Wildman–Crippen LogP) is 3.59. The Kier molecular flexibility index (Phi) is 6.61. The summed E-state index contributed by atoms with van der Waals surface area (Å²) >= 11 is 0. The van der Waals surface area contributed by atoms with Gasteiger partial charge in [0, 0.05) is 13.1 Å². The maximum atomic E-state index is 12.2. The maximum Gasteiger partial charge on any atom is 0.0809 e. The fraction of sp³-hybridized carbons (Fsp3) is 1.00. The van der Waals surface area contributed by atoms with E-state index < -0.39 is 5.60 Å². The van der Waals surface area contributed by atoms with Gasteiger partial charge >= 0.3 is 0 Å². The molecule has 4 aliphatic rings. The van der Waals surface area contributed by atoms with E-state index >= 15 is 0 Å².